The van der Waals surface area contributed by atoms with E-state index in [9.17, 15) is 0 Å². The van der Waals surface area contributed by atoms with E-state index in [1.165, 1.54) is 19.3 Å². The summed E-state index contributed by atoms with van der Waals surface area (Å²) < 4.78 is 0. The second kappa shape index (κ2) is 4.89. The van der Waals surface area contributed by atoms with Crippen molar-refractivity contribution in [2.75, 3.05) is 0 Å². The van der Waals surface area contributed by atoms with Crippen LogP contribution in [0.1, 0.15) is 65.7 Å². The highest BCUT2D eigenvalue weighted by atomic mass is 14.5. The fourth-order valence-electron chi connectivity index (χ4n) is 4.17. The van der Waals surface area contributed by atoms with Gasteiger partial charge in [0.2, 0.25) is 0 Å². The van der Waals surface area contributed by atoms with Crippen molar-refractivity contribution in [3.63, 3.8) is 0 Å². The summed E-state index contributed by atoms with van der Waals surface area (Å²) in [4.78, 5) is 0. The average molecular weight is 208 g/mol. The highest BCUT2D eigenvalue weighted by Crippen LogP contribution is 2.55. The van der Waals surface area contributed by atoms with E-state index in [-0.39, 0.29) is 0 Å². The Kier molecular flexibility index (Phi) is 3.74. The van der Waals surface area contributed by atoms with Crippen LogP contribution < -0.4 is 0 Å². The molecule has 0 heteroatoms. The van der Waals surface area contributed by atoms with Gasteiger partial charge >= 0.3 is 0 Å². The maximum absolute atomic E-state index is 2.46. The molecule has 2 rings (SSSR count). The topological polar surface area (TPSA) is 0 Å². The zero-order chi connectivity index (χ0) is 10.8. The Morgan fingerprint density at radius 2 is 1.80 bits per heavy atom. The van der Waals surface area contributed by atoms with Crippen LogP contribution in [-0.2, 0) is 0 Å². The number of fused-ring (bicyclic) bond motifs is 1. The molecule has 0 spiro atoms. The first-order valence-corrected chi connectivity index (χ1v) is 7.26. The van der Waals surface area contributed by atoms with Gasteiger partial charge in [-0.25, -0.2) is 0 Å². The van der Waals surface area contributed by atoms with Crippen LogP contribution in [0, 0.1) is 29.6 Å². The Morgan fingerprint density at radius 1 is 1.07 bits per heavy atom. The van der Waals surface area contributed by atoms with Gasteiger partial charge in [-0.3, -0.25) is 0 Å². The lowest BCUT2D eigenvalue weighted by Crippen LogP contribution is -2.33. The molecule has 0 N–H and O–H groups in total. The van der Waals surface area contributed by atoms with Gasteiger partial charge in [0.15, 0.2) is 0 Å². The Morgan fingerprint density at radius 3 is 2.33 bits per heavy atom. The van der Waals surface area contributed by atoms with E-state index in [0.29, 0.717) is 0 Å². The monoisotopic (exact) mass is 208 g/mol. The minimum Gasteiger partial charge on any atom is -0.0651 e. The molecule has 15 heavy (non-hydrogen) atoms. The minimum absolute atomic E-state index is 1.02. The van der Waals surface area contributed by atoms with Crippen LogP contribution in [0.25, 0.3) is 0 Å². The molecule has 0 nitrogen and oxygen atoms in total. The Labute approximate surface area is 95.8 Å². The smallest absolute Gasteiger partial charge is 0.0352 e. The van der Waals surface area contributed by atoms with Crippen molar-refractivity contribution >= 4 is 0 Å². The van der Waals surface area contributed by atoms with Gasteiger partial charge in [0, 0.05) is 0 Å². The third-order valence-electron chi connectivity index (χ3n) is 5.50. The van der Waals surface area contributed by atoms with Gasteiger partial charge in [-0.1, -0.05) is 40.0 Å². The molecule has 0 aliphatic heterocycles. The first-order chi connectivity index (χ1) is 7.26. The molecule has 0 radical (unpaired) electrons. The van der Waals surface area contributed by atoms with Gasteiger partial charge < -0.3 is 0 Å². The van der Waals surface area contributed by atoms with E-state index in [4.69, 9.17) is 0 Å². The van der Waals surface area contributed by atoms with E-state index in [1.807, 2.05) is 0 Å². The van der Waals surface area contributed by atoms with E-state index in [0.717, 1.165) is 29.6 Å². The molecule has 0 aromatic rings. The first-order valence-electron chi connectivity index (χ1n) is 7.26. The minimum atomic E-state index is 1.02. The molecule has 0 aromatic carbocycles. The van der Waals surface area contributed by atoms with Crippen LogP contribution in [0.3, 0.4) is 0 Å². The van der Waals surface area contributed by atoms with Crippen LogP contribution in [-0.4, -0.2) is 0 Å². The Bertz CT molecular complexity index is 192. The fraction of sp³-hybridized carbons (Fsp3) is 1.00. The molecule has 0 amide bonds. The van der Waals surface area contributed by atoms with E-state index >= 15 is 0 Å². The van der Waals surface area contributed by atoms with E-state index in [2.05, 4.69) is 20.8 Å². The quantitative estimate of drug-likeness (QED) is 0.604. The van der Waals surface area contributed by atoms with E-state index < -0.39 is 0 Å². The van der Waals surface area contributed by atoms with Crippen molar-refractivity contribution in [2.24, 2.45) is 29.6 Å². The van der Waals surface area contributed by atoms with Gasteiger partial charge in [-0.2, -0.15) is 0 Å². The summed E-state index contributed by atoms with van der Waals surface area (Å²) in [6.45, 7) is 7.18. The first kappa shape index (κ1) is 11.5. The molecule has 4 atom stereocenters. The van der Waals surface area contributed by atoms with Gasteiger partial charge in [-0.05, 0) is 55.3 Å². The highest BCUT2D eigenvalue weighted by Gasteiger charge is 2.46. The summed E-state index contributed by atoms with van der Waals surface area (Å²) in [6.07, 6.45) is 10.5. The Balaban J connectivity index is 1.72. The molecule has 0 heterocycles. The molecule has 4 unspecified atom stereocenters. The molecule has 2 aliphatic carbocycles. The van der Waals surface area contributed by atoms with Crippen LogP contribution >= 0.6 is 0 Å². The van der Waals surface area contributed by atoms with Crippen LogP contribution in [0.15, 0.2) is 0 Å². The maximum Gasteiger partial charge on any atom is -0.0352 e. The predicted molar refractivity (Wildman–Crippen MR) is 66.8 cm³/mol. The predicted octanol–water partition coefficient (Wildman–Crippen LogP) is 4.89. The molecule has 88 valence electrons. The second-order valence-corrected chi connectivity index (χ2v) is 6.14. The Hall–Kier alpha value is 0. The molecular formula is C15H28. The third kappa shape index (κ3) is 2.24. The average Bonchev–Trinajstić information content (AvgIpc) is 2.56. The number of hydrogen-bond acceptors (Lipinski definition) is 0. The zero-order valence-electron chi connectivity index (χ0n) is 10.8. The van der Waals surface area contributed by atoms with Crippen molar-refractivity contribution in [2.45, 2.75) is 65.7 Å². The molecular weight excluding hydrogens is 180 g/mol. The number of rotatable bonds is 5. The SMILES string of the molecule is CCC(CC)CCC1CCC2C(C)CC12. The summed E-state index contributed by atoms with van der Waals surface area (Å²) in [5.41, 5.74) is 0. The standard InChI is InChI=1S/C15H28/c1-4-12(5-2)6-7-13-8-9-14-11(3)10-15(13)14/h11-15H,4-10H2,1-3H3. The van der Waals surface area contributed by atoms with Crippen molar-refractivity contribution in [1.82, 2.24) is 0 Å². The van der Waals surface area contributed by atoms with Gasteiger partial charge in [0.05, 0.1) is 0 Å². The van der Waals surface area contributed by atoms with Crippen LogP contribution in [0.4, 0.5) is 0 Å². The lowest BCUT2D eigenvalue weighted by Gasteiger charge is -2.41. The summed E-state index contributed by atoms with van der Waals surface area (Å²) in [5, 5.41) is 0. The molecule has 0 aromatic heterocycles. The summed E-state index contributed by atoms with van der Waals surface area (Å²) in [5.74, 6) is 5.48. The molecule has 0 saturated heterocycles. The lowest BCUT2D eigenvalue weighted by atomic mass is 9.64. The summed E-state index contributed by atoms with van der Waals surface area (Å²) in [7, 11) is 0. The fourth-order valence-corrected chi connectivity index (χ4v) is 4.17. The van der Waals surface area contributed by atoms with Crippen molar-refractivity contribution in [3.05, 3.63) is 0 Å². The second-order valence-electron chi connectivity index (χ2n) is 6.14. The largest absolute Gasteiger partial charge is 0.0651 e. The van der Waals surface area contributed by atoms with Crippen molar-refractivity contribution in [1.29, 1.82) is 0 Å². The van der Waals surface area contributed by atoms with Gasteiger partial charge in [0.1, 0.15) is 0 Å². The molecule has 2 fully saturated rings. The van der Waals surface area contributed by atoms with Crippen LogP contribution in [0.2, 0.25) is 0 Å². The van der Waals surface area contributed by atoms with Crippen LogP contribution in [0.5, 0.6) is 0 Å². The lowest BCUT2D eigenvalue weighted by molar-refractivity contribution is 0.0824. The van der Waals surface area contributed by atoms with E-state index in [1.54, 1.807) is 25.7 Å². The zero-order valence-corrected chi connectivity index (χ0v) is 10.8. The number of hydrogen-bond donors (Lipinski definition) is 0. The molecule has 2 saturated carbocycles. The van der Waals surface area contributed by atoms with Crippen molar-refractivity contribution < 1.29 is 0 Å². The van der Waals surface area contributed by atoms with Gasteiger partial charge in [0.25, 0.3) is 0 Å². The van der Waals surface area contributed by atoms with Gasteiger partial charge in [-0.15, -0.1) is 0 Å². The molecule has 0 bridgehead atoms. The van der Waals surface area contributed by atoms with Crippen molar-refractivity contribution in [3.8, 4) is 0 Å². The maximum atomic E-state index is 2.46. The molecule has 2 aliphatic rings. The normalized spacial score (nSPS) is 39.2. The third-order valence-corrected chi connectivity index (χ3v) is 5.50. The summed E-state index contributed by atoms with van der Waals surface area (Å²) in [6, 6.07) is 0. The highest BCUT2D eigenvalue weighted by molar-refractivity contribution is 4.96. The summed E-state index contributed by atoms with van der Waals surface area (Å²) >= 11 is 0.